The van der Waals surface area contributed by atoms with Gasteiger partial charge in [-0.3, -0.25) is 19.7 Å². The minimum absolute atomic E-state index is 0.117. The van der Waals surface area contributed by atoms with Crippen LogP contribution in [0.25, 0.3) is 0 Å². The molecule has 0 atom stereocenters. The first-order chi connectivity index (χ1) is 8.59. The third-order valence-corrected chi connectivity index (χ3v) is 3.42. The normalized spacial score (nSPS) is 17.7. The van der Waals surface area contributed by atoms with Gasteiger partial charge >= 0.3 is 0 Å². The molecule has 18 heavy (non-hydrogen) atoms. The second-order valence-corrected chi connectivity index (χ2v) is 4.50. The molecular weight excluding hydrogens is 236 g/mol. The van der Waals surface area contributed by atoms with Crippen LogP contribution in [0.1, 0.15) is 28.8 Å². The summed E-state index contributed by atoms with van der Waals surface area (Å²) in [6.45, 7) is 0.516. The van der Waals surface area contributed by atoms with Crippen LogP contribution in [0.3, 0.4) is 0 Å². The molecule has 0 aliphatic carbocycles. The van der Waals surface area contributed by atoms with Crippen molar-refractivity contribution in [1.82, 2.24) is 0 Å². The first kappa shape index (κ1) is 10.9. The molecule has 0 aromatic heterocycles. The van der Waals surface area contributed by atoms with Crippen LogP contribution in [-0.4, -0.2) is 23.2 Å². The largest absolute Gasteiger partial charge is 0.304 e. The summed E-state index contributed by atoms with van der Waals surface area (Å²) < 4.78 is 0. The molecule has 1 aromatic carbocycles. The highest BCUT2D eigenvalue weighted by Crippen LogP contribution is 2.38. The summed E-state index contributed by atoms with van der Waals surface area (Å²) in [6.07, 6.45) is 2.34. The Labute approximate surface area is 102 Å². The molecule has 1 amide bonds. The highest BCUT2D eigenvalue weighted by molar-refractivity contribution is 6.52. The van der Waals surface area contributed by atoms with Gasteiger partial charge in [-0.25, -0.2) is 0 Å². The quantitative estimate of drug-likeness (QED) is 0.427. The summed E-state index contributed by atoms with van der Waals surface area (Å²) in [5.74, 6) is -1.19. The number of nitro groups is 1. The van der Waals surface area contributed by atoms with E-state index < -0.39 is 16.6 Å². The summed E-state index contributed by atoms with van der Waals surface area (Å²) in [4.78, 5) is 35.4. The molecular formula is C12H10N2O4. The molecule has 92 valence electrons. The number of rotatable bonds is 1. The number of amides is 1. The highest BCUT2D eigenvalue weighted by Gasteiger charge is 2.39. The molecule has 0 bridgehead atoms. The van der Waals surface area contributed by atoms with Crippen LogP contribution in [-0.2, 0) is 11.2 Å². The average molecular weight is 246 g/mol. The van der Waals surface area contributed by atoms with Gasteiger partial charge in [0, 0.05) is 18.7 Å². The van der Waals surface area contributed by atoms with Crippen LogP contribution in [0.2, 0.25) is 0 Å². The lowest BCUT2D eigenvalue weighted by Crippen LogP contribution is -2.30. The third-order valence-electron chi connectivity index (χ3n) is 3.42. The Hall–Kier alpha value is -2.24. The van der Waals surface area contributed by atoms with Crippen molar-refractivity contribution in [3.05, 3.63) is 33.4 Å². The van der Waals surface area contributed by atoms with Crippen LogP contribution in [0.5, 0.6) is 0 Å². The number of benzene rings is 1. The van der Waals surface area contributed by atoms with E-state index in [0.29, 0.717) is 18.7 Å². The maximum atomic E-state index is 11.8. The average Bonchev–Trinajstić information content (AvgIpc) is 2.54. The van der Waals surface area contributed by atoms with Gasteiger partial charge in [0.15, 0.2) is 0 Å². The van der Waals surface area contributed by atoms with Crippen LogP contribution in [0.4, 0.5) is 11.4 Å². The van der Waals surface area contributed by atoms with Crippen molar-refractivity contribution in [2.45, 2.75) is 19.3 Å². The van der Waals surface area contributed by atoms with E-state index in [1.54, 1.807) is 0 Å². The molecule has 0 N–H and O–H groups in total. The number of nitro benzene ring substituents is 1. The van der Waals surface area contributed by atoms with Crippen LogP contribution < -0.4 is 4.90 Å². The molecule has 0 unspecified atom stereocenters. The number of ketones is 1. The molecule has 0 spiro atoms. The number of Topliss-reactive ketones (excluding diaryl/α,β-unsaturated/α-hetero) is 1. The Kier molecular flexibility index (Phi) is 2.19. The van der Waals surface area contributed by atoms with E-state index >= 15 is 0 Å². The number of anilines is 1. The van der Waals surface area contributed by atoms with Gasteiger partial charge in [-0.1, -0.05) is 0 Å². The standard InChI is InChI=1S/C12H10N2O4/c15-11-9-6-8(14(17)18)5-7-3-1-2-4-13(10(7)9)12(11)16/h5-6H,1-4H2. The summed E-state index contributed by atoms with van der Waals surface area (Å²) in [5, 5.41) is 10.8. The second-order valence-electron chi connectivity index (χ2n) is 4.50. The topological polar surface area (TPSA) is 80.5 Å². The van der Waals surface area contributed by atoms with Crippen LogP contribution >= 0.6 is 0 Å². The summed E-state index contributed by atoms with van der Waals surface area (Å²) >= 11 is 0. The van der Waals surface area contributed by atoms with Crippen molar-refractivity contribution in [2.24, 2.45) is 0 Å². The van der Waals surface area contributed by atoms with Gasteiger partial charge < -0.3 is 4.90 Å². The number of nitrogens with zero attached hydrogens (tertiary/aromatic N) is 2. The molecule has 0 saturated heterocycles. The molecule has 3 rings (SSSR count). The van der Waals surface area contributed by atoms with Gasteiger partial charge in [0.25, 0.3) is 17.4 Å². The predicted octanol–water partition coefficient (Wildman–Crippen LogP) is 1.46. The number of hydrogen-bond acceptors (Lipinski definition) is 4. The molecule has 0 radical (unpaired) electrons. The fourth-order valence-corrected chi connectivity index (χ4v) is 2.60. The van der Waals surface area contributed by atoms with Gasteiger partial charge in [0.05, 0.1) is 16.2 Å². The lowest BCUT2D eigenvalue weighted by atomic mass is 10.0. The van der Waals surface area contributed by atoms with E-state index in [0.717, 1.165) is 18.4 Å². The third kappa shape index (κ3) is 1.35. The van der Waals surface area contributed by atoms with Crippen molar-refractivity contribution in [1.29, 1.82) is 0 Å². The molecule has 6 heteroatoms. The monoisotopic (exact) mass is 246 g/mol. The van der Waals surface area contributed by atoms with Crippen LogP contribution in [0.15, 0.2) is 12.1 Å². The van der Waals surface area contributed by atoms with E-state index in [2.05, 4.69) is 0 Å². The molecule has 0 fully saturated rings. The Bertz CT molecular complexity index is 594. The lowest BCUT2D eigenvalue weighted by molar-refractivity contribution is -0.384. The molecule has 0 saturated carbocycles. The van der Waals surface area contributed by atoms with Gasteiger partial charge in [0.2, 0.25) is 0 Å². The van der Waals surface area contributed by atoms with Gasteiger partial charge in [-0.15, -0.1) is 0 Å². The minimum Gasteiger partial charge on any atom is -0.304 e. The molecule has 2 heterocycles. The van der Waals surface area contributed by atoms with Crippen molar-refractivity contribution in [3.8, 4) is 0 Å². The zero-order valence-electron chi connectivity index (χ0n) is 9.51. The molecule has 6 nitrogen and oxygen atoms in total. The van der Waals surface area contributed by atoms with Gasteiger partial charge in [0.1, 0.15) is 0 Å². The van der Waals surface area contributed by atoms with E-state index in [4.69, 9.17) is 0 Å². The van der Waals surface area contributed by atoms with E-state index in [-0.39, 0.29) is 11.3 Å². The highest BCUT2D eigenvalue weighted by atomic mass is 16.6. The number of carbonyl (C=O) groups is 2. The first-order valence-corrected chi connectivity index (χ1v) is 5.77. The Morgan fingerprint density at radius 2 is 2.00 bits per heavy atom. The zero-order valence-corrected chi connectivity index (χ0v) is 9.51. The molecule has 2 aliphatic heterocycles. The fraction of sp³-hybridized carbons (Fsp3) is 0.333. The summed E-state index contributed by atoms with van der Waals surface area (Å²) in [7, 11) is 0. The number of aryl methyl sites for hydroxylation is 1. The predicted molar refractivity (Wildman–Crippen MR) is 62.7 cm³/mol. The van der Waals surface area contributed by atoms with Gasteiger partial charge in [-0.2, -0.15) is 0 Å². The number of carbonyl (C=O) groups excluding carboxylic acids is 2. The second kappa shape index (κ2) is 3.63. The number of hydrogen-bond donors (Lipinski definition) is 0. The SMILES string of the molecule is O=C1C(=O)N2CCCCc3cc([N+](=O)[O-])cc1c32. The van der Waals surface area contributed by atoms with Crippen molar-refractivity contribution in [3.63, 3.8) is 0 Å². The van der Waals surface area contributed by atoms with Crippen molar-refractivity contribution >= 4 is 23.1 Å². The Morgan fingerprint density at radius 3 is 2.72 bits per heavy atom. The Morgan fingerprint density at radius 1 is 1.22 bits per heavy atom. The van der Waals surface area contributed by atoms with E-state index in [1.807, 2.05) is 0 Å². The Balaban J connectivity index is 2.27. The summed E-state index contributed by atoms with van der Waals surface area (Å²) in [6, 6.07) is 2.69. The molecule has 1 aromatic rings. The zero-order chi connectivity index (χ0) is 12.9. The van der Waals surface area contributed by atoms with E-state index in [1.165, 1.54) is 17.0 Å². The van der Waals surface area contributed by atoms with E-state index in [9.17, 15) is 19.7 Å². The maximum absolute atomic E-state index is 11.8. The van der Waals surface area contributed by atoms with Crippen LogP contribution in [0, 0.1) is 10.1 Å². The van der Waals surface area contributed by atoms with Gasteiger partial charge in [-0.05, 0) is 24.8 Å². The molecule has 2 aliphatic rings. The number of non-ortho nitro benzene ring substituents is 1. The smallest absolute Gasteiger partial charge is 0.299 e. The maximum Gasteiger partial charge on any atom is 0.299 e. The fourth-order valence-electron chi connectivity index (χ4n) is 2.60. The van der Waals surface area contributed by atoms with Crippen molar-refractivity contribution in [2.75, 3.05) is 11.4 Å². The summed E-state index contributed by atoms with van der Waals surface area (Å²) in [5.41, 5.74) is 1.39. The minimum atomic E-state index is -0.628. The lowest BCUT2D eigenvalue weighted by Gasteiger charge is -2.15. The van der Waals surface area contributed by atoms with Crippen molar-refractivity contribution < 1.29 is 14.5 Å². The first-order valence-electron chi connectivity index (χ1n) is 5.77.